The zero-order chi connectivity index (χ0) is 18.1. The first-order valence-corrected chi connectivity index (χ1v) is 7.44. The van der Waals surface area contributed by atoms with Crippen molar-refractivity contribution in [2.24, 2.45) is 0 Å². The number of aliphatic carboxylic acids is 1. The molecule has 1 aromatic carbocycles. The summed E-state index contributed by atoms with van der Waals surface area (Å²) in [4.78, 5) is 44.8. The first-order valence-electron chi connectivity index (χ1n) is 7.44. The van der Waals surface area contributed by atoms with Gasteiger partial charge in [0, 0.05) is 24.9 Å². The highest BCUT2D eigenvalue weighted by atomic mass is 16.4. The van der Waals surface area contributed by atoms with Crippen molar-refractivity contribution in [1.29, 1.82) is 0 Å². The van der Waals surface area contributed by atoms with Crippen molar-refractivity contribution in [3.05, 3.63) is 29.3 Å². The molecule has 0 aliphatic carbocycles. The molecule has 0 bridgehead atoms. The Morgan fingerprint density at radius 3 is 1.92 bits per heavy atom. The number of aryl methyl sites for hydroxylation is 2. The van der Waals surface area contributed by atoms with Crippen LogP contribution in [-0.4, -0.2) is 28.8 Å². The maximum Gasteiger partial charge on any atom is 0.303 e. The number of benzene rings is 1. The third-order valence-corrected chi connectivity index (χ3v) is 3.28. The summed E-state index contributed by atoms with van der Waals surface area (Å²) in [5.74, 6) is -2.55. The van der Waals surface area contributed by atoms with Crippen LogP contribution in [0.2, 0.25) is 0 Å². The minimum Gasteiger partial charge on any atom is -0.481 e. The van der Waals surface area contributed by atoms with Gasteiger partial charge in [-0.05, 0) is 37.1 Å². The van der Waals surface area contributed by atoms with Gasteiger partial charge < -0.3 is 10.4 Å². The van der Waals surface area contributed by atoms with E-state index in [1.807, 2.05) is 26.0 Å². The van der Waals surface area contributed by atoms with Gasteiger partial charge in [-0.25, -0.2) is 0 Å². The molecule has 0 heterocycles. The molecule has 0 aromatic heterocycles. The fourth-order valence-corrected chi connectivity index (χ4v) is 1.75. The summed E-state index contributed by atoms with van der Waals surface area (Å²) in [5, 5.41) is 11.1. The second kappa shape index (κ2) is 9.29. The van der Waals surface area contributed by atoms with E-state index in [0.29, 0.717) is 5.69 Å². The average Bonchev–Trinajstić information content (AvgIpc) is 2.52. The lowest BCUT2D eigenvalue weighted by Gasteiger charge is -2.08. The zero-order valence-electron chi connectivity index (χ0n) is 13.6. The van der Waals surface area contributed by atoms with Gasteiger partial charge in [0.15, 0.2) is 0 Å². The molecule has 130 valence electrons. The van der Waals surface area contributed by atoms with E-state index in [9.17, 15) is 19.2 Å². The zero-order valence-corrected chi connectivity index (χ0v) is 13.6. The highest BCUT2D eigenvalue weighted by Crippen LogP contribution is 2.14. The molecule has 0 atom stereocenters. The Bertz CT molecular complexity index is 643. The molecule has 8 nitrogen and oxygen atoms in total. The van der Waals surface area contributed by atoms with Gasteiger partial charge in [0.05, 0.1) is 6.42 Å². The molecule has 4 N–H and O–H groups in total. The van der Waals surface area contributed by atoms with Gasteiger partial charge in [0.25, 0.3) is 0 Å². The summed E-state index contributed by atoms with van der Waals surface area (Å²) < 4.78 is 0. The number of carboxylic acid groups (broad SMARTS) is 1. The van der Waals surface area contributed by atoms with Crippen molar-refractivity contribution in [3.8, 4) is 0 Å². The number of carbonyl (C=O) groups excluding carboxylic acids is 3. The predicted octanol–water partition coefficient (Wildman–Crippen LogP) is 1.03. The third kappa shape index (κ3) is 7.39. The van der Waals surface area contributed by atoms with E-state index in [0.717, 1.165) is 11.1 Å². The van der Waals surface area contributed by atoms with Crippen molar-refractivity contribution < 1.29 is 24.3 Å². The van der Waals surface area contributed by atoms with Gasteiger partial charge in [-0.3, -0.25) is 30.0 Å². The first-order chi connectivity index (χ1) is 11.3. The van der Waals surface area contributed by atoms with Crippen LogP contribution < -0.4 is 16.2 Å². The van der Waals surface area contributed by atoms with Crippen LogP contribution in [0.4, 0.5) is 5.69 Å². The number of nitrogens with one attached hydrogen (secondary N) is 3. The quantitative estimate of drug-likeness (QED) is 0.554. The maximum absolute atomic E-state index is 11.8. The number of amides is 3. The summed E-state index contributed by atoms with van der Waals surface area (Å²) in [6.07, 6.45) is -0.692. The molecule has 0 saturated heterocycles. The average molecular weight is 335 g/mol. The summed E-state index contributed by atoms with van der Waals surface area (Å²) >= 11 is 0. The van der Waals surface area contributed by atoms with Crippen LogP contribution in [0.25, 0.3) is 0 Å². The Labute approximate surface area is 139 Å². The van der Waals surface area contributed by atoms with Gasteiger partial charge >= 0.3 is 5.97 Å². The number of hydrogen-bond acceptors (Lipinski definition) is 4. The van der Waals surface area contributed by atoms with Gasteiger partial charge in [-0.2, -0.15) is 0 Å². The first kappa shape index (κ1) is 19.1. The molecule has 0 aliphatic heterocycles. The number of hydrazine groups is 1. The SMILES string of the molecule is Cc1ccc(NC(=O)CCC(=O)NNC(=O)CCC(=O)O)cc1C. The lowest BCUT2D eigenvalue weighted by atomic mass is 10.1. The molecule has 3 amide bonds. The number of anilines is 1. The van der Waals surface area contributed by atoms with E-state index in [2.05, 4.69) is 16.2 Å². The highest BCUT2D eigenvalue weighted by Gasteiger charge is 2.10. The maximum atomic E-state index is 11.8. The molecule has 0 fully saturated rings. The Hall–Kier alpha value is -2.90. The Kier molecular flexibility index (Phi) is 7.41. The normalized spacial score (nSPS) is 9.92. The van der Waals surface area contributed by atoms with Gasteiger partial charge in [0.2, 0.25) is 17.7 Å². The fraction of sp³-hybridized carbons (Fsp3) is 0.375. The van der Waals surface area contributed by atoms with Gasteiger partial charge in [-0.15, -0.1) is 0 Å². The minimum atomic E-state index is -1.10. The van der Waals surface area contributed by atoms with E-state index in [-0.39, 0.29) is 31.6 Å². The van der Waals surface area contributed by atoms with E-state index in [1.54, 1.807) is 6.07 Å². The highest BCUT2D eigenvalue weighted by molar-refractivity contribution is 5.93. The van der Waals surface area contributed by atoms with E-state index < -0.39 is 17.8 Å². The second-order valence-corrected chi connectivity index (χ2v) is 5.34. The second-order valence-electron chi connectivity index (χ2n) is 5.34. The van der Waals surface area contributed by atoms with Crippen molar-refractivity contribution >= 4 is 29.4 Å². The van der Waals surface area contributed by atoms with Gasteiger partial charge in [-0.1, -0.05) is 6.07 Å². The number of carboxylic acids is 1. The molecule has 1 aromatic rings. The number of hydrogen-bond donors (Lipinski definition) is 4. The third-order valence-electron chi connectivity index (χ3n) is 3.28. The van der Waals surface area contributed by atoms with E-state index in [4.69, 9.17) is 5.11 Å². The molecular formula is C16H21N3O5. The Morgan fingerprint density at radius 1 is 0.833 bits per heavy atom. The molecular weight excluding hydrogens is 314 g/mol. The molecule has 0 radical (unpaired) electrons. The molecule has 1 rings (SSSR count). The van der Waals surface area contributed by atoms with Crippen LogP contribution in [0.5, 0.6) is 0 Å². The number of carbonyl (C=O) groups is 4. The van der Waals surface area contributed by atoms with E-state index in [1.165, 1.54) is 0 Å². The number of rotatable bonds is 7. The minimum absolute atomic E-state index is 0.0379. The summed E-state index contributed by atoms with van der Waals surface area (Å²) in [6, 6.07) is 5.52. The van der Waals surface area contributed by atoms with Crippen molar-refractivity contribution in [1.82, 2.24) is 10.9 Å². The topological polar surface area (TPSA) is 125 Å². The molecule has 0 saturated carbocycles. The monoisotopic (exact) mass is 335 g/mol. The van der Waals surface area contributed by atoms with Crippen LogP contribution in [-0.2, 0) is 19.2 Å². The molecule has 0 aliphatic rings. The van der Waals surface area contributed by atoms with Crippen LogP contribution >= 0.6 is 0 Å². The van der Waals surface area contributed by atoms with Crippen LogP contribution in [0.3, 0.4) is 0 Å². The lowest BCUT2D eigenvalue weighted by Crippen LogP contribution is -2.41. The van der Waals surface area contributed by atoms with E-state index >= 15 is 0 Å². The summed E-state index contributed by atoms with van der Waals surface area (Å²) in [5.41, 5.74) is 7.05. The smallest absolute Gasteiger partial charge is 0.303 e. The largest absolute Gasteiger partial charge is 0.481 e. The standard InChI is InChI=1S/C16H21N3O5/c1-10-3-4-12(9-11(10)2)17-13(20)5-6-14(21)18-19-15(22)7-8-16(23)24/h3-4,9H,5-8H2,1-2H3,(H,17,20)(H,18,21)(H,19,22)(H,23,24). The van der Waals surface area contributed by atoms with Crippen LogP contribution in [0.1, 0.15) is 36.8 Å². The molecule has 0 spiro atoms. The Morgan fingerprint density at radius 2 is 1.38 bits per heavy atom. The summed E-state index contributed by atoms with van der Waals surface area (Å²) in [6.45, 7) is 3.90. The lowest BCUT2D eigenvalue weighted by molar-refractivity contribution is -0.139. The predicted molar refractivity (Wildman–Crippen MR) is 86.9 cm³/mol. The van der Waals surface area contributed by atoms with Crippen LogP contribution in [0.15, 0.2) is 18.2 Å². The molecule has 24 heavy (non-hydrogen) atoms. The van der Waals surface area contributed by atoms with Crippen molar-refractivity contribution in [3.63, 3.8) is 0 Å². The fourth-order valence-electron chi connectivity index (χ4n) is 1.75. The van der Waals surface area contributed by atoms with Crippen LogP contribution in [0, 0.1) is 13.8 Å². The van der Waals surface area contributed by atoms with Crippen molar-refractivity contribution in [2.45, 2.75) is 39.5 Å². The van der Waals surface area contributed by atoms with Gasteiger partial charge in [0.1, 0.15) is 0 Å². The molecule has 8 heteroatoms. The molecule has 0 unspecified atom stereocenters. The van der Waals surface area contributed by atoms with Crippen molar-refractivity contribution in [2.75, 3.05) is 5.32 Å². The Balaban J connectivity index is 2.28. The summed E-state index contributed by atoms with van der Waals surface area (Å²) in [7, 11) is 0.